The number of carbonyl (C=O) groups excluding carboxylic acids is 2. The molecule has 1 N–H and O–H groups in total. The maximum atomic E-state index is 13.3. The van der Waals surface area contributed by atoms with Crippen LogP contribution in [0, 0.1) is 6.92 Å². The zero-order chi connectivity index (χ0) is 26.1. The van der Waals surface area contributed by atoms with Gasteiger partial charge in [-0.1, -0.05) is 17.3 Å². The number of likely N-dealkylation sites (tertiary alicyclic amines) is 1. The predicted octanol–water partition coefficient (Wildman–Crippen LogP) is 4.99. The first kappa shape index (κ1) is 23.6. The molecule has 0 spiro atoms. The Balaban J connectivity index is 1.16. The van der Waals surface area contributed by atoms with E-state index in [0.29, 0.717) is 42.7 Å². The number of aromatic nitrogens is 4. The van der Waals surface area contributed by atoms with Gasteiger partial charge in [-0.2, -0.15) is 0 Å². The summed E-state index contributed by atoms with van der Waals surface area (Å²) in [6, 6.07) is 18.7. The van der Waals surface area contributed by atoms with Crippen molar-refractivity contribution in [2.24, 2.45) is 0 Å². The van der Waals surface area contributed by atoms with E-state index in [1.807, 2.05) is 78.4 Å². The molecule has 0 atom stereocenters. The Morgan fingerprint density at radius 2 is 1.79 bits per heavy atom. The monoisotopic (exact) mass is 506 g/mol. The van der Waals surface area contributed by atoms with Gasteiger partial charge in [-0.25, -0.2) is 4.98 Å². The van der Waals surface area contributed by atoms with Gasteiger partial charge in [-0.3, -0.25) is 14.6 Å². The number of carbonyl (C=O) groups is 2. The zero-order valence-electron chi connectivity index (χ0n) is 20.9. The van der Waals surface area contributed by atoms with Crippen LogP contribution in [0.3, 0.4) is 0 Å². The van der Waals surface area contributed by atoms with Gasteiger partial charge in [0.05, 0.1) is 23.0 Å². The molecule has 0 saturated carbocycles. The molecule has 5 aromatic rings. The van der Waals surface area contributed by atoms with Crippen LogP contribution in [0.25, 0.3) is 16.6 Å². The largest absolute Gasteiger partial charge is 0.350 e. The van der Waals surface area contributed by atoms with Crippen LogP contribution in [0.2, 0.25) is 0 Å². The second-order valence-electron chi connectivity index (χ2n) is 9.45. The topological polar surface area (TPSA) is 106 Å². The molecule has 0 unspecified atom stereocenters. The molecule has 2 aromatic carbocycles. The Morgan fingerprint density at radius 3 is 2.55 bits per heavy atom. The second kappa shape index (κ2) is 9.93. The molecule has 0 radical (unpaired) electrons. The number of nitrogens with one attached hydrogen (secondary N) is 1. The number of hydrogen-bond donors (Lipinski definition) is 1. The van der Waals surface area contributed by atoms with Gasteiger partial charge in [0.1, 0.15) is 5.52 Å². The van der Waals surface area contributed by atoms with Crippen molar-refractivity contribution in [3.05, 3.63) is 102 Å². The molecule has 9 nitrogen and oxygen atoms in total. The summed E-state index contributed by atoms with van der Waals surface area (Å²) in [4.78, 5) is 37.1. The van der Waals surface area contributed by atoms with Gasteiger partial charge in [0.25, 0.3) is 11.8 Å². The summed E-state index contributed by atoms with van der Waals surface area (Å²) in [6.45, 7) is 3.02. The summed E-state index contributed by atoms with van der Waals surface area (Å²) in [5, 5.41) is 7.73. The Labute approximate surface area is 219 Å². The third kappa shape index (κ3) is 4.54. The van der Waals surface area contributed by atoms with E-state index in [1.165, 1.54) is 0 Å². The lowest BCUT2D eigenvalue weighted by Gasteiger charge is -2.32. The summed E-state index contributed by atoms with van der Waals surface area (Å²) in [6.07, 6.45) is 6.72. The van der Waals surface area contributed by atoms with E-state index in [9.17, 15) is 9.59 Å². The van der Waals surface area contributed by atoms with E-state index in [-0.39, 0.29) is 23.5 Å². The Morgan fingerprint density at radius 1 is 1.00 bits per heavy atom. The molecule has 1 aliphatic heterocycles. The summed E-state index contributed by atoms with van der Waals surface area (Å²) in [7, 11) is 0. The smallest absolute Gasteiger partial charge is 0.293 e. The number of benzene rings is 2. The van der Waals surface area contributed by atoms with Crippen molar-refractivity contribution in [3.63, 3.8) is 0 Å². The van der Waals surface area contributed by atoms with Crippen LogP contribution >= 0.6 is 0 Å². The van der Waals surface area contributed by atoms with Crippen molar-refractivity contribution in [1.29, 1.82) is 0 Å². The molecule has 38 heavy (non-hydrogen) atoms. The predicted molar refractivity (Wildman–Crippen MR) is 142 cm³/mol. The molecule has 1 aliphatic rings. The van der Waals surface area contributed by atoms with Crippen molar-refractivity contribution in [1.82, 2.24) is 24.6 Å². The van der Waals surface area contributed by atoms with Crippen LogP contribution in [0.4, 0.5) is 5.69 Å². The molecule has 6 rings (SSSR count). The van der Waals surface area contributed by atoms with Crippen molar-refractivity contribution in [3.8, 4) is 5.69 Å². The molecular weight excluding hydrogens is 480 g/mol. The number of aryl methyl sites for hydroxylation is 1. The lowest BCUT2D eigenvalue weighted by molar-refractivity contribution is 0.0672. The molecular formula is C29H26N6O3. The maximum Gasteiger partial charge on any atom is 0.293 e. The lowest BCUT2D eigenvalue weighted by Crippen LogP contribution is -2.38. The van der Waals surface area contributed by atoms with E-state index in [0.717, 1.165) is 22.5 Å². The Bertz CT molecular complexity index is 1600. The van der Waals surface area contributed by atoms with Crippen molar-refractivity contribution in [2.75, 3.05) is 18.4 Å². The SMILES string of the molecule is Cc1ccc(C(=O)Nc2ccc(-n3ccnc3)cc2)c(C2CCN(C(=O)c3onc4ccccc34)CC2)n1. The third-order valence-corrected chi connectivity index (χ3v) is 6.98. The normalized spacial score (nSPS) is 14.1. The highest BCUT2D eigenvalue weighted by Gasteiger charge is 2.30. The highest BCUT2D eigenvalue weighted by Crippen LogP contribution is 2.31. The van der Waals surface area contributed by atoms with E-state index in [2.05, 4.69) is 15.5 Å². The lowest BCUT2D eigenvalue weighted by atomic mass is 9.89. The molecule has 0 aliphatic carbocycles. The number of imidazole rings is 1. The summed E-state index contributed by atoms with van der Waals surface area (Å²) in [5.74, 6) is -0.0254. The van der Waals surface area contributed by atoms with Gasteiger partial charge in [0, 0.05) is 48.5 Å². The Kier molecular flexibility index (Phi) is 6.17. The molecule has 2 amide bonds. The van der Waals surface area contributed by atoms with Crippen LogP contribution in [0.1, 0.15) is 51.1 Å². The first-order chi connectivity index (χ1) is 18.6. The van der Waals surface area contributed by atoms with Gasteiger partial charge in [0.2, 0.25) is 5.76 Å². The summed E-state index contributed by atoms with van der Waals surface area (Å²) >= 11 is 0. The summed E-state index contributed by atoms with van der Waals surface area (Å²) < 4.78 is 7.28. The standard InChI is InChI=1S/C29H26N6O3/c1-19-6-11-24(28(36)32-21-7-9-22(10-8-21)35-17-14-30-18-35)26(31-19)20-12-15-34(16-13-20)29(37)27-23-4-2-3-5-25(23)33-38-27/h2-11,14,17-18,20H,12-13,15-16H2,1H3,(H,32,36). The summed E-state index contributed by atoms with van der Waals surface area (Å²) in [5.41, 5.74) is 4.51. The number of rotatable bonds is 5. The van der Waals surface area contributed by atoms with Crippen LogP contribution < -0.4 is 5.32 Å². The maximum absolute atomic E-state index is 13.3. The fourth-order valence-electron chi connectivity index (χ4n) is 4.95. The third-order valence-electron chi connectivity index (χ3n) is 6.98. The Hall–Kier alpha value is -4.79. The van der Waals surface area contributed by atoms with Crippen LogP contribution in [0.15, 0.2) is 83.9 Å². The number of fused-ring (bicyclic) bond motifs is 1. The number of nitrogens with zero attached hydrogens (tertiary/aromatic N) is 5. The van der Waals surface area contributed by atoms with Crippen molar-refractivity contribution in [2.45, 2.75) is 25.7 Å². The number of amides is 2. The van der Waals surface area contributed by atoms with Crippen LogP contribution in [-0.4, -0.2) is 49.5 Å². The molecule has 9 heteroatoms. The average Bonchev–Trinajstić information content (AvgIpc) is 3.64. The minimum atomic E-state index is -0.200. The zero-order valence-corrected chi connectivity index (χ0v) is 20.9. The average molecular weight is 507 g/mol. The number of piperidine rings is 1. The van der Waals surface area contributed by atoms with Crippen LogP contribution in [-0.2, 0) is 0 Å². The number of anilines is 1. The van der Waals surface area contributed by atoms with Gasteiger partial charge in [-0.15, -0.1) is 0 Å². The minimum Gasteiger partial charge on any atom is -0.350 e. The minimum absolute atomic E-state index is 0.0646. The van der Waals surface area contributed by atoms with E-state index >= 15 is 0 Å². The fourth-order valence-corrected chi connectivity index (χ4v) is 4.95. The number of hydrogen-bond acceptors (Lipinski definition) is 6. The fraction of sp³-hybridized carbons (Fsp3) is 0.207. The van der Waals surface area contributed by atoms with Crippen molar-refractivity contribution < 1.29 is 14.1 Å². The molecule has 1 fully saturated rings. The molecule has 190 valence electrons. The first-order valence-corrected chi connectivity index (χ1v) is 12.6. The van der Waals surface area contributed by atoms with Gasteiger partial charge in [0.15, 0.2) is 0 Å². The molecule has 0 bridgehead atoms. The van der Waals surface area contributed by atoms with E-state index < -0.39 is 0 Å². The van der Waals surface area contributed by atoms with E-state index in [4.69, 9.17) is 9.51 Å². The number of pyridine rings is 1. The van der Waals surface area contributed by atoms with E-state index in [1.54, 1.807) is 17.4 Å². The van der Waals surface area contributed by atoms with Gasteiger partial charge < -0.3 is 19.3 Å². The molecule has 4 heterocycles. The highest BCUT2D eigenvalue weighted by molar-refractivity contribution is 6.05. The van der Waals surface area contributed by atoms with Crippen molar-refractivity contribution >= 4 is 28.4 Å². The molecule has 3 aromatic heterocycles. The van der Waals surface area contributed by atoms with Gasteiger partial charge >= 0.3 is 0 Å². The second-order valence-corrected chi connectivity index (χ2v) is 9.45. The first-order valence-electron chi connectivity index (χ1n) is 12.6. The highest BCUT2D eigenvalue weighted by atomic mass is 16.5. The quantitative estimate of drug-likeness (QED) is 0.360. The molecule has 1 saturated heterocycles. The van der Waals surface area contributed by atoms with Gasteiger partial charge in [-0.05, 0) is 68.3 Å². The van der Waals surface area contributed by atoms with Crippen LogP contribution in [0.5, 0.6) is 0 Å².